The molecule has 4 heteroatoms. The van der Waals surface area contributed by atoms with Crippen LogP contribution in [0.15, 0.2) is 121 Å². The summed E-state index contributed by atoms with van der Waals surface area (Å²) in [6.07, 6.45) is 0.386. The van der Waals surface area contributed by atoms with Gasteiger partial charge in [-0.2, -0.15) is 0 Å². The highest BCUT2D eigenvalue weighted by Crippen LogP contribution is 2.43. The minimum Gasteiger partial charge on any atom is -0.294 e. The summed E-state index contributed by atoms with van der Waals surface area (Å²) in [5.74, 6) is -0.840. The average Bonchev–Trinajstić information content (AvgIpc) is 2.94. The van der Waals surface area contributed by atoms with Crippen molar-refractivity contribution in [2.24, 2.45) is 11.8 Å². The fraction of sp³-hybridized carbons (Fsp3) is 0.161. The third kappa shape index (κ3) is 6.25. The number of rotatable bonds is 10. The molecule has 0 heterocycles. The SMILES string of the molecule is O=C(c1ccccc1)C(CC(C(=O)c1ccccc1)C(Br)c1ccccc1)C(Br)c1ccccc1. The van der Waals surface area contributed by atoms with E-state index >= 15 is 0 Å². The largest absolute Gasteiger partial charge is 0.294 e. The summed E-state index contributed by atoms with van der Waals surface area (Å²) in [5.41, 5.74) is 3.32. The Hall–Kier alpha value is -2.82. The molecule has 4 aromatic carbocycles. The summed E-state index contributed by atoms with van der Waals surface area (Å²) in [7, 11) is 0. The molecule has 4 atom stereocenters. The van der Waals surface area contributed by atoms with Crippen LogP contribution in [0.3, 0.4) is 0 Å². The Morgan fingerprint density at radius 1 is 0.486 bits per heavy atom. The number of carbonyl (C=O) groups excluding carboxylic acids is 2. The second-order valence-electron chi connectivity index (χ2n) is 8.53. The normalized spacial score (nSPS) is 14.5. The minimum absolute atomic E-state index is 0.0231. The van der Waals surface area contributed by atoms with Gasteiger partial charge in [-0.25, -0.2) is 0 Å². The molecule has 0 saturated heterocycles. The lowest BCUT2D eigenvalue weighted by Crippen LogP contribution is -2.28. The van der Waals surface area contributed by atoms with E-state index in [0.717, 1.165) is 11.1 Å². The van der Waals surface area contributed by atoms with E-state index in [4.69, 9.17) is 0 Å². The van der Waals surface area contributed by atoms with Crippen LogP contribution in [-0.4, -0.2) is 11.6 Å². The second kappa shape index (κ2) is 12.2. The third-order valence-electron chi connectivity index (χ3n) is 6.24. The van der Waals surface area contributed by atoms with E-state index < -0.39 is 11.8 Å². The van der Waals surface area contributed by atoms with Crippen LogP contribution in [-0.2, 0) is 0 Å². The lowest BCUT2D eigenvalue weighted by atomic mass is 9.79. The Morgan fingerprint density at radius 2 is 0.771 bits per heavy atom. The standard InChI is InChI=1S/C31H26Br2O2/c32-28(22-13-5-1-6-14-22)26(30(34)24-17-9-3-10-18-24)21-27(29(33)23-15-7-2-8-16-23)31(35)25-19-11-4-12-20-25/h1-20,26-29H,21H2. The predicted octanol–water partition coefficient (Wildman–Crippen LogP) is 8.65. The number of ketones is 2. The molecule has 0 radical (unpaired) electrons. The van der Waals surface area contributed by atoms with Crippen molar-refractivity contribution in [1.29, 1.82) is 0 Å². The molecular formula is C31H26Br2O2. The quantitative estimate of drug-likeness (QED) is 0.137. The highest BCUT2D eigenvalue weighted by atomic mass is 79.9. The molecule has 4 aromatic rings. The van der Waals surface area contributed by atoms with Crippen molar-refractivity contribution >= 4 is 43.4 Å². The molecule has 0 aliphatic rings. The Kier molecular flexibility index (Phi) is 8.84. The topological polar surface area (TPSA) is 34.1 Å². The average molecular weight is 590 g/mol. The zero-order valence-corrected chi connectivity index (χ0v) is 22.3. The minimum atomic E-state index is -0.443. The summed E-state index contributed by atoms with van der Waals surface area (Å²) >= 11 is 7.68. The summed E-state index contributed by atoms with van der Waals surface area (Å²) in [5, 5.41) is 0. The molecule has 0 aliphatic heterocycles. The van der Waals surface area contributed by atoms with Gasteiger partial charge in [0.2, 0.25) is 0 Å². The molecule has 35 heavy (non-hydrogen) atoms. The zero-order chi connectivity index (χ0) is 24.6. The highest BCUT2D eigenvalue weighted by Gasteiger charge is 2.37. The van der Waals surface area contributed by atoms with E-state index in [1.54, 1.807) is 0 Å². The maximum Gasteiger partial charge on any atom is 0.167 e. The van der Waals surface area contributed by atoms with E-state index in [1.165, 1.54) is 0 Å². The molecule has 0 bridgehead atoms. The van der Waals surface area contributed by atoms with Crippen LogP contribution in [0.1, 0.15) is 47.9 Å². The van der Waals surface area contributed by atoms with Crippen molar-refractivity contribution in [3.63, 3.8) is 0 Å². The highest BCUT2D eigenvalue weighted by molar-refractivity contribution is 9.09. The van der Waals surface area contributed by atoms with Gasteiger partial charge in [0.15, 0.2) is 11.6 Å². The molecule has 0 aromatic heterocycles. The number of carbonyl (C=O) groups is 2. The second-order valence-corrected chi connectivity index (χ2v) is 10.5. The van der Waals surface area contributed by atoms with Crippen molar-refractivity contribution in [2.75, 3.05) is 0 Å². The molecule has 0 spiro atoms. The number of benzene rings is 4. The lowest BCUT2D eigenvalue weighted by molar-refractivity contribution is 0.0845. The number of Topliss-reactive ketones (excluding diaryl/α,β-unsaturated/α-hetero) is 2. The maximum atomic E-state index is 13.9. The van der Waals surface area contributed by atoms with Crippen LogP contribution >= 0.6 is 31.9 Å². The van der Waals surface area contributed by atoms with Gasteiger partial charge in [-0.1, -0.05) is 153 Å². The molecule has 0 amide bonds. The van der Waals surface area contributed by atoms with Crippen LogP contribution < -0.4 is 0 Å². The fourth-order valence-corrected chi connectivity index (χ4v) is 5.89. The first kappa shape index (κ1) is 25.3. The summed E-state index contributed by atoms with van der Waals surface area (Å²) in [6.45, 7) is 0. The molecule has 4 rings (SSSR count). The first-order valence-electron chi connectivity index (χ1n) is 11.6. The van der Waals surface area contributed by atoms with Crippen molar-refractivity contribution in [3.8, 4) is 0 Å². The first-order chi connectivity index (χ1) is 17.1. The Bertz CT molecular complexity index is 1130. The van der Waals surface area contributed by atoms with E-state index in [1.807, 2.05) is 121 Å². The van der Waals surface area contributed by atoms with Crippen LogP contribution in [0.5, 0.6) is 0 Å². The van der Waals surface area contributed by atoms with Crippen LogP contribution in [0.2, 0.25) is 0 Å². The van der Waals surface area contributed by atoms with Gasteiger partial charge in [0.1, 0.15) is 0 Å². The summed E-state index contributed by atoms with van der Waals surface area (Å²) < 4.78 is 0. The monoisotopic (exact) mass is 588 g/mol. The van der Waals surface area contributed by atoms with Gasteiger partial charge >= 0.3 is 0 Å². The molecule has 0 aliphatic carbocycles. The van der Waals surface area contributed by atoms with Gasteiger partial charge in [0.25, 0.3) is 0 Å². The fourth-order valence-electron chi connectivity index (χ4n) is 4.36. The van der Waals surface area contributed by atoms with Crippen molar-refractivity contribution < 1.29 is 9.59 Å². The molecule has 2 nitrogen and oxygen atoms in total. The maximum absolute atomic E-state index is 13.9. The number of halogens is 2. The molecule has 0 saturated carbocycles. The van der Waals surface area contributed by atoms with E-state index in [0.29, 0.717) is 17.5 Å². The Morgan fingerprint density at radius 3 is 1.09 bits per heavy atom. The van der Waals surface area contributed by atoms with Crippen molar-refractivity contribution in [1.82, 2.24) is 0 Å². The Labute approximate surface area is 223 Å². The van der Waals surface area contributed by atoms with Gasteiger partial charge in [0, 0.05) is 32.6 Å². The first-order valence-corrected chi connectivity index (χ1v) is 13.5. The van der Waals surface area contributed by atoms with Crippen LogP contribution in [0.4, 0.5) is 0 Å². The van der Waals surface area contributed by atoms with Gasteiger partial charge in [-0.15, -0.1) is 0 Å². The zero-order valence-electron chi connectivity index (χ0n) is 19.1. The van der Waals surface area contributed by atoms with E-state index in [-0.39, 0.29) is 21.2 Å². The summed E-state index contributed by atoms with van der Waals surface area (Å²) in [4.78, 5) is 27.2. The molecular weight excluding hydrogens is 564 g/mol. The molecule has 176 valence electrons. The predicted molar refractivity (Wildman–Crippen MR) is 149 cm³/mol. The van der Waals surface area contributed by atoms with Gasteiger partial charge in [0.05, 0.1) is 0 Å². The third-order valence-corrected chi connectivity index (χ3v) is 8.57. The van der Waals surface area contributed by atoms with Crippen LogP contribution in [0.25, 0.3) is 0 Å². The van der Waals surface area contributed by atoms with Gasteiger partial charge in [-0.05, 0) is 17.5 Å². The number of alkyl halides is 2. The summed E-state index contributed by atoms with van der Waals surface area (Å²) in [6, 6.07) is 38.5. The Balaban J connectivity index is 1.75. The lowest BCUT2D eigenvalue weighted by Gasteiger charge is -2.29. The smallest absolute Gasteiger partial charge is 0.167 e. The van der Waals surface area contributed by atoms with E-state index in [2.05, 4.69) is 31.9 Å². The van der Waals surface area contributed by atoms with Crippen LogP contribution in [0, 0.1) is 11.8 Å². The van der Waals surface area contributed by atoms with Gasteiger partial charge < -0.3 is 0 Å². The molecule has 4 unspecified atom stereocenters. The number of hydrogen-bond donors (Lipinski definition) is 0. The van der Waals surface area contributed by atoms with E-state index in [9.17, 15) is 9.59 Å². The van der Waals surface area contributed by atoms with Gasteiger partial charge in [-0.3, -0.25) is 9.59 Å². The molecule has 0 N–H and O–H groups in total. The van der Waals surface area contributed by atoms with Crippen molar-refractivity contribution in [2.45, 2.75) is 16.1 Å². The van der Waals surface area contributed by atoms with Crippen molar-refractivity contribution in [3.05, 3.63) is 144 Å². The number of hydrogen-bond acceptors (Lipinski definition) is 2. The molecule has 0 fully saturated rings.